The summed E-state index contributed by atoms with van der Waals surface area (Å²) in [4.78, 5) is 12.6. The average molecular weight is 343 g/mol. The van der Waals surface area contributed by atoms with E-state index >= 15 is 0 Å². The Kier molecular flexibility index (Phi) is 4.75. The molecule has 2 N–H and O–H groups in total. The molecule has 0 unspecified atom stereocenters. The normalized spacial score (nSPS) is 10.8. The third-order valence-corrected chi connectivity index (χ3v) is 3.85. The summed E-state index contributed by atoms with van der Waals surface area (Å²) in [5.74, 6) is 0. The van der Waals surface area contributed by atoms with Crippen LogP contribution in [0.25, 0.3) is 11.0 Å². The van der Waals surface area contributed by atoms with Crippen LogP contribution < -0.4 is 10.2 Å². The van der Waals surface area contributed by atoms with Crippen molar-refractivity contribution >= 4 is 28.1 Å². The number of aliphatic hydroxyl groups excluding tert-OH is 1. The van der Waals surface area contributed by atoms with Gasteiger partial charge in [0.25, 0.3) is 0 Å². The summed E-state index contributed by atoms with van der Waals surface area (Å²) in [7, 11) is 1.67. The first-order chi connectivity index (χ1) is 12.1. The number of anilines is 2. The number of nitrogens with zero attached hydrogens (tertiary/aromatic N) is 4. The predicted octanol–water partition coefficient (Wildman–Crippen LogP) is 2.17. The van der Waals surface area contributed by atoms with E-state index in [9.17, 15) is 10.1 Å². The van der Waals surface area contributed by atoms with Gasteiger partial charge in [0.2, 0.25) is 5.52 Å². The lowest BCUT2D eigenvalue weighted by Crippen LogP contribution is -2.22. The molecule has 9 nitrogen and oxygen atoms in total. The van der Waals surface area contributed by atoms with E-state index in [2.05, 4.69) is 15.6 Å². The van der Waals surface area contributed by atoms with Crippen molar-refractivity contribution in [2.45, 2.75) is 6.54 Å². The second-order valence-electron chi connectivity index (χ2n) is 5.49. The first-order valence-corrected chi connectivity index (χ1v) is 7.65. The molecule has 0 saturated heterocycles. The Labute approximate surface area is 143 Å². The Morgan fingerprint density at radius 2 is 2.00 bits per heavy atom. The fourth-order valence-corrected chi connectivity index (χ4v) is 2.58. The van der Waals surface area contributed by atoms with Crippen molar-refractivity contribution < 1.29 is 14.7 Å². The van der Waals surface area contributed by atoms with Crippen molar-refractivity contribution in [3.05, 3.63) is 52.1 Å². The number of likely N-dealkylation sites (N-methyl/N-ethyl adjacent to an activating group) is 1. The average Bonchev–Trinajstić information content (AvgIpc) is 3.09. The number of aromatic nitrogens is 2. The maximum Gasteiger partial charge on any atom is 0.323 e. The Hall–Kier alpha value is -3.20. The van der Waals surface area contributed by atoms with Gasteiger partial charge in [0, 0.05) is 20.1 Å². The summed E-state index contributed by atoms with van der Waals surface area (Å²) in [5.41, 5.74) is 2.13. The predicted molar refractivity (Wildman–Crippen MR) is 92.6 cm³/mol. The minimum absolute atomic E-state index is 0.0721. The lowest BCUT2D eigenvalue weighted by molar-refractivity contribution is -0.382. The lowest BCUT2D eigenvalue weighted by atomic mass is 10.1. The van der Waals surface area contributed by atoms with Crippen molar-refractivity contribution in [3.8, 4) is 0 Å². The fraction of sp³-hybridized carbons (Fsp3) is 0.250. The Bertz CT molecular complexity index is 881. The van der Waals surface area contributed by atoms with Crippen LogP contribution in [0.5, 0.6) is 0 Å². The molecule has 3 rings (SSSR count). The van der Waals surface area contributed by atoms with E-state index in [1.54, 1.807) is 18.0 Å². The molecular formula is C16H17N5O4. The molecule has 0 spiro atoms. The first-order valence-electron chi connectivity index (χ1n) is 7.65. The maximum atomic E-state index is 11.5. The smallest absolute Gasteiger partial charge is 0.323 e. The van der Waals surface area contributed by atoms with Crippen LogP contribution >= 0.6 is 0 Å². The van der Waals surface area contributed by atoms with Gasteiger partial charge in [0.1, 0.15) is 5.69 Å². The van der Waals surface area contributed by atoms with E-state index in [1.807, 2.05) is 30.3 Å². The van der Waals surface area contributed by atoms with Crippen LogP contribution in [0.3, 0.4) is 0 Å². The molecule has 0 amide bonds. The monoisotopic (exact) mass is 343 g/mol. The molecule has 0 aliphatic rings. The number of hydrogen-bond donors (Lipinski definition) is 2. The van der Waals surface area contributed by atoms with Gasteiger partial charge in [0.05, 0.1) is 17.2 Å². The van der Waals surface area contributed by atoms with Crippen molar-refractivity contribution in [2.24, 2.45) is 0 Å². The van der Waals surface area contributed by atoms with Gasteiger partial charge in [-0.05, 0) is 21.9 Å². The van der Waals surface area contributed by atoms with Crippen LogP contribution in [-0.4, -0.2) is 40.5 Å². The molecule has 0 aliphatic carbocycles. The number of rotatable bonds is 7. The van der Waals surface area contributed by atoms with Crippen molar-refractivity contribution in [1.82, 2.24) is 10.3 Å². The number of hydrogen-bond acceptors (Lipinski definition) is 8. The summed E-state index contributed by atoms with van der Waals surface area (Å²) in [6.45, 7) is 0.634. The number of nitro groups is 1. The highest BCUT2D eigenvalue weighted by Gasteiger charge is 2.27. The van der Waals surface area contributed by atoms with E-state index in [0.29, 0.717) is 23.4 Å². The van der Waals surface area contributed by atoms with Crippen LogP contribution in [0, 0.1) is 10.1 Å². The second-order valence-corrected chi connectivity index (χ2v) is 5.49. The van der Waals surface area contributed by atoms with Gasteiger partial charge < -0.3 is 15.3 Å². The van der Waals surface area contributed by atoms with E-state index in [-0.39, 0.29) is 24.4 Å². The molecule has 3 aromatic rings. The van der Waals surface area contributed by atoms with E-state index in [1.165, 1.54) is 0 Å². The minimum atomic E-state index is -0.517. The zero-order valence-electron chi connectivity index (χ0n) is 13.5. The van der Waals surface area contributed by atoms with E-state index in [4.69, 9.17) is 9.74 Å². The fourth-order valence-electron chi connectivity index (χ4n) is 2.58. The number of fused-ring (bicyclic) bond motifs is 1. The topological polar surface area (TPSA) is 118 Å². The molecule has 25 heavy (non-hydrogen) atoms. The highest BCUT2D eigenvalue weighted by molar-refractivity contribution is 5.99. The highest BCUT2D eigenvalue weighted by atomic mass is 16.6. The Balaban J connectivity index is 2.04. The largest absolute Gasteiger partial charge is 0.395 e. The molecule has 0 atom stereocenters. The molecule has 2 aromatic carbocycles. The third-order valence-electron chi connectivity index (χ3n) is 3.85. The van der Waals surface area contributed by atoms with Gasteiger partial charge in [-0.15, -0.1) is 0 Å². The maximum absolute atomic E-state index is 11.5. The zero-order valence-corrected chi connectivity index (χ0v) is 13.5. The van der Waals surface area contributed by atoms with Gasteiger partial charge in [-0.3, -0.25) is 10.1 Å². The molecule has 0 aliphatic heterocycles. The van der Waals surface area contributed by atoms with E-state index < -0.39 is 4.92 Å². The van der Waals surface area contributed by atoms with Crippen molar-refractivity contribution in [3.63, 3.8) is 0 Å². The third kappa shape index (κ3) is 3.36. The molecule has 9 heteroatoms. The van der Waals surface area contributed by atoms with Crippen LogP contribution in [0.15, 0.2) is 41.0 Å². The SMILES string of the molecule is CN(CCO)c1cc(NCc2ccccc2)c2nonc2c1[N+](=O)[O-]. The Morgan fingerprint density at radius 1 is 1.28 bits per heavy atom. The van der Waals surface area contributed by atoms with Gasteiger partial charge >= 0.3 is 5.69 Å². The van der Waals surface area contributed by atoms with Crippen LogP contribution in [0.1, 0.15) is 5.56 Å². The standard InChI is InChI=1S/C16H17N5O4/c1-20(7-8-22)13-9-12(17-10-11-5-3-2-4-6-11)14-15(19-25-18-14)16(13)21(23)24/h2-6,9,17,22H,7-8,10H2,1H3. The molecule has 1 heterocycles. The second kappa shape index (κ2) is 7.14. The highest BCUT2D eigenvalue weighted by Crippen LogP contribution is 2.38. The van der Waals surface area contributed by atoms with Crippen LogP contribution in [-0.2, 0) is 6.54 Å². The zero-order chi connectivity index (χ0) is 17.8. The molecule has 0 saturated carbocycles. The van der Waals surface area contributed by atoms with E-state index in [0.717, 1.165) is 5.56 Å². The van der Waals surface area contributed by atoms with Crippen molar-refractivity contribution in [2.75, 3.05) is 30.4 Å². The van der Waals surface area contributed by atoms with Gasteiger partial charge in [0.15, 0.2) is 5.52 Å². The van der Waals surface area contributed by atoms with Crippen molar-refractivity contribution in [1.29, 1.82) is 0 Å². The van der Waals surface area contributed by atoms with Crippen LogP contribution in [0.2, 0.25) is 0 Å². The lowest BCUT2D eigenvalue weighted by Gasteiger charge is -2.19. The molecule has 1 aromatic heterocycles. The molecule has 0 radical (unpaired) electrons. The number of nitro benzene ring substituents is 1. The van der Waals surface area contributed by atoms with Gasteiger partial charge in [-0.1, -0.05) is 30.3 Å². The summed E-state index contributed by atoms with van der Waals surface area (Å²) in [5, 5.41) is 31.4. The Morgan fingerprint density at radius 3 is 2.68 bits per heavy atom. The quantitative estimate of drug-likeness (QED) is 0.495. The number of nitrogens with one attached hydrogen (secondary N) is 1. The molecular weight excluding hydrogens is 326 g/mol. The number of aliphatic hydroxyl groups is 1. The van der Waals surface area contributed by atoms with Gasteiger partial charge in [-0.25, -0.2) is 4.63 Å². The summed E-state index contributed by atoms with van der Waals surface area (Å²) in [6.07, 6.45) is 0. The first kappa shape index (κ1) is 16.7. The molecule has 130 valence electrons. The minimum Gasteiger partial charge on any atom is -0.395 e. The molecule has 0 bridgehead atoms. The molecule has 0 fully saturated rings. The van der Waals surface area contributed by atoms with Crippen LogP contribution in [0.4, 0.5) is 17.1 Å². The summed E-state index contributed by atoms with van der Waals surface area (Å²) in [6, 6.07) is 11.4. The summed E-state index contributed by atoms with van der Waals surface area (Å²) < 4.78 is 4.73. The van der Waals surface area contributed by atoms with Gasteiger partial charge in [-0.2, -0.15) is 0 Å². The summed E-state index contributed by atoms with van der Waals surface area (Å²) >= 11 is 0. The number of benzene rings is 2.